The molecule has 2 aromatic carbocycles. The molecule has 1 aliphatic rings. The summed E-state index contributed by atoms with van der Waals surface area (Å²) < 4.78 is 18.4. The van der Waals surface area contributed by atoms with Crippen LogP contribution in [-0.4, -0.2) is 25.7 Å². The van der Waals surface area contributed by atoms with Crippen molar-refractivity contribution in [2.24, 2.45) is 0 Å². The van der Waals surface area contributed by atoms with E-state index >= 15 is 0 Å². The van der Waals surface area contributed by atoms with Crippen LogP contribution in [0, 0.1) is 5.82 Å². The van der Waals surface area contributed by atoms with E-state index in [4.69, 9.17) is 4.74 Å². The van der Waals surface area contributed by atoms with Gasteiger partial charge in [0, 0.05) is 44.1 Å². The van der Waals surface area contributed by atoms with E-state index in [1.807, 2.05) is 37.3 Å². The molecule has 0 radical (unpaired) electrons. The fourth-order valence-electron chi connectivity index (χ4n) is 3.04. The number of carbonyl (C=O) groups excluding carboxylic acids is 1. The molecule has 0 aromatic heterocycles. The van der Waals surface area contributed by atoms with Crippen LogP contribution >= 0.6 is 0 Å². The molecule has 0 fully saturated rings. The second-order valence-electron chi connectivity index (χ2n) is 6.47. The molecular weight excluding hydrogens is 319 g/mol. The maximum Gasteiger partial charge on any atom is 0.251 e. The van der Waals surface area contributed by atoms with Gasteiger partial charge in [-0.2, -0.15) is 0 Å². The SMILES string of the molecule is COCCC(C)NC(=O)c1ccc(N2Cc3ccc(F)cc3C2)cc1. The first-order valence-corrected chi connectivity index (χ1v) is 8.49. The Morgan fingerprint density at radius 2 is 1.92 bits per heavy atom. The van der Waals surface area contributed by atoms with E-state index in [0.717, 1.165) is 29.8 Å². The Morgan fingerprint density at radius 1 is 1.20 bits per heavy atom. The topological polar surface area (TPSA) is 41.6 Å². The number of nitrogens with one attached hydrogen (secondary N) is 1. The first kappa shape index (κ1) is 17.4. The van der Waals surface area contributed by atoms with Gasteiger partial charge in [-0.15, -0.1) is 0 Å². The van der Waals surface area contributed by atoms with Crippen molar-refractivity contribution < 1.29 is 13.9 Å². The Morgan fingerprint density at radius 3 is 2.64 bits per heavy atom. The molecule has 3 rings (SSSR count). The second kappa shape index (κ2) is 7.66. The summed E-state index contributed by atoms with van der Waals surface area (Å²) in [7, 11) is 1.65. The summed E-state index contributed by atoms with van der Waals surface area (Å²) in [5, 5.41) is 2.97. The van der Waals surface area contributed by atoms with Crippen LogP contribution in [0.15, 0.2) is 42.5 Å². The van der Waals surface area contributed by atoms with Crippen LogP contribution < -0.4 is 10.2 Å². The van der Waals surface area contributed by atoms with Crippen molar-refractivity contribution in [1.82, 2.24) is 5.32 Å². The van der Waals surface area contributed by atoms with Gasteiger partial charge in [-0.1, -0.05) is 6.07 Å². The predicted molar refractivity (Wildman–Crippen MR) is 96.2 cm³/mol. The summed E-state index contributed by atoms with van der Waals surface area (Å²) >= 11 is 0. The van der Waals surface area contributed by atoms with Crippen molar-refractivity contribution in [3.63, 3.8) is 0 Å². The normalized spacial score (nSPS) is 14.3. The third-order valence-corrected chi connectivity index (χ3v) is 4.52. The van der Waals surface area contributed by atoms with Gasteiger partial charge < -0.3 is 15.0 Å². The standard InChI is InChI=1S/C20H23FN2O2/c1-14(9-10-25-2)22-20(24)15-4-7-19(8-5-15)23-12-16-3-6-18(21)11-17(16)13-23/h3-8,11,14H,9-10,12-13H2,1-2H3,(H,22,24). The van der Waals surface area contributed by atoms with E-state index in [2.05, 4.69) is 10.2 Å². The number of fused-ring (bicyclic) bond motifs is 1. The predicted octanol–water partition coefficient (Wildman–Crippen LogP) is 3.50. The van der Waals surface area contributed by atoms with Gasteiger partial charge in [-0.05, 0) is 60.9 Å². The summed E-state index contributed by atoms with van der Waals surface area (Å²) in [4.78, 5) is 14.4. The third-order valence-electron chi connectivity index (χ3n) is 4.52. The molecule has 2 aromatic rings. The van der Waals surface area contributed by atoms with Gasteiger partial charge in [0.15, 0.2) is 0 Å². The smallest absolute Gasteiger partial charge is 0.251 e. The largest absolute Gasteiger partial charge is 0.385 e. The molecule has 5 heteroatoms. The molecule has 1 atom stereocenters. The molecule has 4 nitrogen and oxygen atoms in total. The Hall–Kier alpha value is -2.40. The quantitative estimate of drug-likeness (QED) is 0.874. The van der Waals surface area contributed by atoms with Crippen molar-refractivity contribution in [2.45, 2.75) is 32.5 Å². The first-order chi connectivity index (χ1) is 12.1. The Balaban J connectivity index is 1.62. The Kier molecular flexibility index (Phi) is 5.34. The average Bonchev–Trinajstić information content (AvgIpc) is 3.03. The molecule has 1 aliphatic heterocycles. The number of carbonyl (C=O) groups is 1. The number of nitrogens with zero attached hydrogens (tertiary/aromatic N) is 1. The number of hydrogen-bond donors (Lipinski definition) is 1. The maximum absolute atomic E-state index is 13.3. The summed E-state index contributed by atoms with van der Waals surface area (Å²) in [6, 6.07) is 12.5. The fourth-order valence-corrected chi connectivity index (χ4v) is 3.04. The number of ether oxygens (including phenoxy) is 1. The molecule has 25 heavy (non-hydrogen) atoms. The summed E-state index contributed by atoms with van der Waals surface area (Å²) in [5.41, 5.74) is 3.83. The molecule has 1 unspecified atom stereocenters. The van der Waals surface area contributed by atoms with Crippen LogP contribution in [-0.2, 0) is 17.8 Å². The number of amides is 1. The van der Waals surface area contributed by atoms with Crippen molar-refractivity contribution in [3.05, 3.63) is 65.0 Å². The molecular formula is C20H23FN2O2. The van der Waals surface area contributed by atoms with Gasteiger partial charge in [0.05, 0.1) is 0 Å². The van der Waals surface area contributed by atoms with E-state index in [9.17, 15) is 9.18 Å². The van der Waals surface area contributed by atoms with Crippen molar-refractivity contribution in [2.75, 3.05) is 18.6 Å². The highest BCUT2D eigenvalue weighted by Gasteiger charge is 2.20. The Labute approximate surface area is 147 Å². The van der Waals surface area contributed by atoms with Crippen molar-refractivity contribution >= 4 is 11.6 Å². The van der Waals surface area contributed by atoms with Crippen LogP contribution in [0.3, 0.4) is 0 Å². The van der Waals surface area contributed by atoms with Crippen LogP contribution in [0.4, 0.5) is 10.1 Å². The lowest BCUT2D eigenvalue weighted by Gasteiger charge is -2.18. The number of methoxy groups -OCH3 is 1. The molecule has 0 saturated carbocycles. The van der Waals surface area contributed by atoms with E-state index in [1.54, 1.807) is 13.2 Å². The fraction of sp³-hybridized carbons (Fsp3) is 0.350. The van der Waals surface area contributed by atoms with Crippen LogP contribution in [0.25, 0.3) is 0 Å². The van der Waals surface area contributed by atoms with E-state index in [0.29, 0.717) is 18.7 Å². The molecule has 0 saturated heterocycles. The zero-order chi connectivity index (χ0) is 17.8. The van der Waals surface area contributed by atoms with Crippen molar-refractivity contribution in [3.8, 4) is 0 Å². The van der Waals surface area contributed by atoms with Gasteiger partial charge in [0.1, 0.15) is 5.82 Å². The molecule has 1 N–H and O–H groups in total. The zero-order valence-corrected chi connectivity index (χ0v) is 14.6. The number of benzene rings is 2. The minimum absolute atomic E-state index is 0.0649. The van der Waals surface area contributed by atoms with Gasteiger partial charge in [-0.3, -0.25) is 4.79 Å². The lowest BCUT2D eigenvalue weighted by atomic mass is 10.1. The van der Waals surface area contributed by atoms with E-state index in [-0.39, 0.29) is 17.8 Å². The maximum atomic E-state index is 13.3. The third kappa shape index (κ3) is 4.17. The monoisotopic (exact) mass is 342 g/mol. The molecule has 132 valence electrons. The molecule has 0 aliphatic carbocycles. The van der Waals surface area contributed by atoms with E-state index in [1.165, 1.54) is 6.07 Å². The van der Waals surface area contributed by atoms with Crippen LogP contribution in [0.5, 0.6) is 0 Å². The second-order valence-corrected chi connectivity index (χ2v) is 6.47. The first-order valence-electron chi connectivity index (χ1n) is 8.49. The van der Waals surface area contributed by atoms with Gasteiger partial charge in [0.25, 0.3) is 5.91 Å². The minimum Gasteiger partial charge on any atom is -0.385 e. The lowest BCUT2D eigenvalue weighted by Crippen LogP contribution is -2.33. The number of anilines is 1. The summed E-state index contributed by atoms with van der Waals surface area (Å²) in [6.07, 6.45) is 0.781. The highest BCUT2D eigenvalue weighted by atomic mass is 19.1. The average molecular weight is 342 g/mol. The molecule has 0 bridgehead atoms. The van der Waals surface area contributed by atoms with Crippen LogP contribution in [0.2, 0.25) is 0 Å². The molecule has 1 amide bonds. The highest BCUT2D eigenvalue weighted by molar-refractivity contribution is 5.94. The highest BCUT2D eigenvalue weighted by Crippen LogP contribution is 2.28. The molecule has 1 heterocycles. The lowest BCUT2D eigenvalue weighted by molar-refractivity contribution is 0.0929. The summed E-state index contributed by atoms with van der Waals surface area (Å²) in [6.45, 7) is 4.03. The van der Waals surface area contributed by atoms with Crippen molar-refractivity contribution in [1.29, 1.82) is 0 Å². The number of hydrogen-bond acceptors (Lipinski definition) is 3. The van der Waals surface area contributed by atoms with Gasteiger partial charge in [-0.25, -0.2) is 4.39 Å². The van der Waals surface area contributed by atoms with Gasteiger partial charge in [0.2, 0.25) is 0 Å². The van der Waals surface area contributed by atoms with E-state index < -0.39 is 0 Å². The number of halogens is 1. The minimum atomic E-state index is -0.199. The van der Waals surface area contributed by atoms with Crippen LogP contribution in [0.1, 0.15) is 34.8 Å². The number of rotatable bonds is 6. The summed E-state index contributed by atoms with van der Waals surface area (Å²) in [5.74, 6) is -0.280. The molecule has 0 spiro atoms. The zero-order valence-electron chi connectivity index (χ0n) is 14.6. The van der Waals surface area contributed by atoms with Gasteiger partial charge >= 0.3 is 0 Å². The Bertz CT molecular complexity index is 746.